The predicted octanol–water partition coefficient (Wildman–Crippen LogP) is 5.33. The summed E-state index contributed by atoms with van der Waals surface area (Å²) in [7, 11) is 0. The number of rotatable bonds is 10. The number of ether oxygens (including phenoxy) is 2. The van der Waals surface area contributed by atoms with Crippen molar-refractivity contribution in [1.82, 2.24) is 9.97 Å². The first-order chi connectivity index (χ1) is 16.0. The minimum absolute atomic E-state index is 0.00992. The second kappa shape index (κ2) is 11.2. The first kappa shape index (κ1) is 23.8. The highest BCUT2D eigenvalue weighted by molar-refractivity contribution is 6.30. The molecule has 0 bridgehead atoms. The van der Waals surface area contributed by atoms with E-state index in [1.54, 1.807) is 6.20 Å². The Labute approximate surface area is 200 Å². The summed E-state index contributed by atoms with van der Waals surface area (Å²) >= 11 is 6.04. The summed E-state index contributed by atoms with van der Waals surface area (Å²) in [5, 5.41) is 4.06. The number of hydrogen-bond donors (Lipinski definition) is 1. The topological polar surface area (TPSA) is 76.6 Å². The lowest BCUT2D eigenvalue weighted by atomic mass is 9.98. The monoisotopic (exact) mass is 472 g/mol. The number of carbonyl (C=O) groups excluding carboxylic acids is 1. The molecule has 0 radical (unpaired) electrons. The van der Waals surface area contributed by atoms with Crippen molar-refractivity contribution in [3.63, 3.8) is 0 Å². The molecule has 7 nitrogen and oxygen atoms in total. The van der Waals surface area contributed by atoms with Crippen LogP contribution in [0.2, 0.25) is 5.02 Å². The van der Waals surface area contributed by atoms with Gasteiger partial charge >= 0.3 is 5.97 Å². The fraction of sp³-hybridized carbons (Fsp3) is 0.560. The number of anilines is 3. The van der Waals surface area contributed by atoms with E-state index >= 15 is 0 Å². The molecule has 3 heterocycles. The van der Waals surface area contributed by atoms with Gasteiger partial charge in [0.15, 0.2) is 5.82 Å². The largest absolute Gasteiger partial charge is 0.466 e. The molecule has 33 heavy (non-hydrogen) atoms. The summed E-state index contributed by atoms with van der Waals surface area (Å²) in [6.07, 6.45) is 8.39. The summed E-state index contributed by atoms with van der Waals surface area (Å²) in [6.45, 7) is 6.80. The number of nitrogens with one attached hydrogen (secondary N) is 1. The molecular formula is C25H33ClN4O3. The van der Waals surface area contributed by atoms with E-state index in [4.69, 9.17) is 26.1 Å². The van der Waals surface area contributed by atoms with E-state index in [0.29, 0.717) is 29.9 Å². The molecular weight excluding hydrogens is 440 g/mol. The molecule has 4 rings (SSSR count). The Hall–Kier alpha value is -2.38. The van der Waals surface area contributed by atoms with E-state index in [1.165, 1.54) is 12.8 Å². The number of nitrogens with zero attached hydrogens (tertiary/aromatic N) is 3. The van der Waals surface area contributed by atoms with Crippen molar-refractivity contribution in [2.75, 3.05) is 36.6 Å². The van der Waals surface area contributed by atoms with Crippen LogP contribution < -0.4 is 10.2 Å². The highest BCUT2D eigenvalue weighted by Crippen LogP contribution is 2.37. The maximum atomic E-state index is 12.0. The summed E-state index contributed by atoms with van der Waals surface area (Å²) in [5.74, 6) is 2.15. The zero-order chi connectivity index (χ0) is 23.2. The van der Waals surface area contributed by atoms with Crippen molar-refractivity contribution in [2.45, 2.75) is 57.9 Å². The molecule has 2 aromatic heterocycles. The maximum absolute atomic E-state index is 12.0. The highest BCUT2D eigenvalue weighted by Gasteiger charge is 2.31. The van der Waals surface area contributed by atoms with Gasteiger partial charge in [0, 0.05) is 38.2 Å². The van der Waals surface area contributed by atoms with Gasteiger partial charge in [-0.25, -0.2) is 9.97 Å². The van der Waals surface area contributed by atoms with E-state index in [2.05, 4.69) is 21.3 Å². The highest BCUT2D eigenvalue weighted by atomic mass is 35.5. The third-order valence-electron chi connectivity index (χ3n) is 6.28. The van der Waals surface area contributed by atoms with Crippen LogP contribution >= 0.6 is 11.6 Å². The van der Waals surface area contributed by atoms with Gasteiger partial charge in [-0.2, -0.15) is 0 Å². The zero-order valence-corrected chi connectivity index (χ0v) is 20.2. The second-order valence-corrected chi connectivity index (χ2v) is 9.41. The Balaban J connectivity index is 1.65. The quantitative estimate of drug-likeness (QED) is 0.468. The van der Waals surface area contributed by atoms with E-state index in [0.717, 1.165) is 55.6 Å². The van der Waals surface area contributed by atoms with Crippen molar-refractivity contribution in [3.05, 3.63) is 41.2 Å². The fourth-order valence-electron chi connectivity index (χ4n) is 4.22. The molecule has 8 heteroatoms. The molecule has 0 spiro atoms. The Kier molecular flexibility index (Phi) is 8.04. The van der Waals surface area contributed by atoms with Crippen LogP contribution in [-0.2, 0) is 14.3 Å². The Morgan fingerprint density at radius 1 is 1.24 bits per heavy atom. The third-order valence-corrected chi connectivity index (χ3v) is 6.50. The number of aromatic nitrogens is 2. The van der Waals surface area contributed by atoms with Crippen LogP contribution in [0.1, 0.15) is 57.4 Å². The standard InChI is InChI=1S/C25H33ClN4O3/c1-3-33-24(31)12-17(2)19-13-22(29-23-7-6-20(26)15-27-23)25(28-14-19)30(16-18-4-5-18)21-8-10-32-11-9-21/h6-7,13-15,17-18,21H,3-5,8-12,16H2,1-2H3,(H,27,29)/t17-/m1/s1. The van der Waals surface area contributed by atoms with Gasteiger partial charge in [-0.1, -0.05) is 18.5 Å². The first-order valence-corrected chi connectivity index (χ1v) is 12.3. The van der Waals surface area contributed by atoms with Crippen molar-refractivity contribution >= 4 is 34.9 Å². The van der Waals surface area contributed by atoms with Gasteiger partial charge in [-0.15, -0.1) is 0 Å². The van der Waals surface area contributed by atoms with E-state index in [-0.39, 0.29) is 11.9 Å². The van der Waals surface area contributed by atoms with Gasteiger partial charge in [0.05, 0.1) is 23.7 Å². The summed E-state index contributed by atoms with van der Waals surface area (Å²) in [5.41, 5.74) is 1.88. The van der Waals surface area contributed by atoms with Gasteiger partial charge in [0.1, 0.15) is 5.82 Å². The molecule has 0 amide bonds. The molecule has 2 aliphatic rings. The average Bonchev–Trinajstić information content (AvgIpc) is 3.64. The number of halogens is 1. The van der Waals surface area contributed by atoms with Gasteiger partial charge in [-0.05, 0) is 68.2 Å². The van der Waals surface area contributed by atoms with Crippen molar-refractivity contribution < 1.29 is 14.3 Å². The molecule has 1 aliphatic carbocycles. The van der Waals surface area contributed by atoms with E-state index in [1.807, 2.05) is 32.2 Å². The second-order valence-electron chi connectivity index (χ2n) is 8.98. The van der Waals surface area contributed by atoms with Crippen molar-refractivity contribution in [2.24, 2.45) is 5.92 Å². The molecule has 1 saturated heterocycles. The molecule has 2 fully saturated rings. The molecule has 1 atom stereocenters. The van der Waals surface area contributed by atoms with Gasteiger partial charge in [0.25, 0.3) is 0 Å². The Bertz CT molecular complexity index is 930. The summed E-state index contributed by atoms with van der Waals surface area (Å²) in [4.78, 5) is 23.9. The number of carbonyl (C=O) groups is 1. The van der Waals surface area contributed by atoms with Gasteiger partial charge in [0.2, 0.25) is 0 Å². The number of hydrogen-bond acceptors (Lipinski definition) is 7. The first-order valence-electron chi connectivity index (χ1n) is 11.9. The molecule has 0 unspecified atom stereocenters. The smallest absolute Gasteiger partial charge is 0.306 e. The fourth-order valence-corrected chi connectivity index (χ4v) is 4.34. The number of pyridine rings is 2. The molecule has 0 aromatic carbocycles. The van der Waals surface area contributed by atoms with Crippen LogP contribution in [0.25, 0.3) is 0 Å². The van der Waals surface area contributed by atoms with Gasteiger partial charge < -0.3 is 19.7 Å². The van der Waals surface area contributed by atoms with Crippen molar-refractivity contribution in [3.8, 4) is 0 Å². The molecule has 1 saturated carbocycles. The average molecular weight is 473 g/mol. The van der Waals surface area contributed by atoms with Crippen LogP contribution in [0, 0.1) is 5.92 Å². The Morgan fingerprint density at radius 3 is 2.70 bits per heavy atom. The van der Waals surface area contributed by atoms with E-state index < -0.39 is 0 Å². The third kappa shape index (κ3) is 6.58. The maximum Gasteiger partial charge on any atom is 0.306 e. The Morgan fingerprint density at radius 2 is 2.03 bits per heavy atom. The van der Waals surface area contributed by atoms with Gasteiger partial charge in [-0.3, -0.25) is 4.79 Å². The molecule has 1 aliphatic heterocycles. The normalized spacial score (nSPS) is 17.4. The predicted molar refractivity (Wildman–Crippen MR) is 130 cm³/mol. The molecule has 2 aromatic rings. The minimum Gasteiger partial charge on any atom is -0.466 e. The van der Waals surface area contributed by atoms with Crippen LogP contribution in [0.5, 0.6) is 0 Å². The lowest BCUT2D eigenvalue weighted by molar-refractivity contribution is -0.143. The van der Waals surface area contributed by atoms with Crippen LogP contribution in [0.15, 0.2) is 30.6 Å². The van der Waals surface area contributed by atoms with Crippen molar-refractivity contribution in [1.29, 1.82) is 0 Å². The summed E-state index contributed by atoms with van der Waals surface area (Å²) < 4.78 is 10.8. The molecule has 1 N–H and O–H groups in total. The summed E-state index contributed by atoms with van der Waals surface area (Å²) in [6, 6.07) is 6.17. The SMILES string of the molecule is CCOC(=O)C[C@@H](C)c1cnc(N(CC2CC2)C2CCOCC2)c(Nc2ccc(Cl)cn2)c1. The molecule has 178 valence electrons. The lowest BCUT2D eigenvalue weighted by Gasteiger charge is -2.36. The van der Waals surface area contributed by atoms with Crippen LogP contribution in [-0.4, -0.2) is 48.3 Å². The minimum atomic E-state index is -0.194. The number of esters is 1. The van der Waals surface area contributed by atoms with Crippen LogP contribution in [0.4, 0.5) is 17.3 Å². The lowest BCUT2D eigenvalue weighted by Crippen LogP contribution is -2.41. The zero-order valence-electron chi connectivity index (χ0n) is 19.4. The van der Waals surface area contributed by atoms with E-state index in [9.17, 15) is 4.79 Å². The van der Waals surface area contributed by atoms with Crippen LogP contribution in [0.3, 0.4) is 0 Å².